The van der Waals surface area contributed by atoms with Crippen molar-refractivity contribution in [3.8, 4) is 0 Å². The Labute approximate surface area is 200 Å². The Hall–Kier alpha value is -3.48. The number of urea groups is 1. The minimum Gasteiger partial charge on any atom is -0.281 e. The number of hydrogen-bond acceptors (Lipinski definition) is 4. The Kier molecular flexibility index (Phi) is 5.50. The molecule has 5 rings (SSSR count). The number of rotatable bonds is 4. The van der Waals surface area contributed by atoms with Gasteiger partial charge in [0.2, 0.25) is 5.72 Å². The molecule has 174 valence electrons. The lowest BCUT2D eigenvalue weighted by molar-refractivity contribution is -0.265. The summed E-state index contributed by atoms with van der Waals surface area (Å²) in [5.41, 5.74) is 0.698. The van der Waals surface area contributed by atoms with Crippen LogP contribution in [0.5, 0.6) is 0 Å². The quantitative estimate of drug-likeness (QED) is 0.486. The molecule has 0 radical (unpaired) electrons. The van der Waals surface area contributed by atoms with Crippen LogP contribution in [0.3, 0.4) is 0 Å². The molecule has 2 atom stereocenters. The van der Waals surface area contributed by atoms with E-state index >= 15 is 0 Å². The van der Waals surface area contributed by atoms with Crippen molar-refractivity contribution in [3.63, 3.8) is 0 Å². The van der Waals surface area contributed by atoms with Gasteiger partial charge in [0.1, 0.15) is 0 Å². The Bertz CT molecular complexity index is 1180. The number of carbonyl (C=O) groups excluding carboxylic acids is 2. The lowest BCUT2D eigenvalue weighted by Gasteiger charge is -2.36. The third-order valence-electron chi connectivity index (χ3n) is 6.44. The van der Waals surface area contributed by atoms with Gasteiger partial charge < -0.3 is 0 Å². The molecule has 0 saturated carbocycles. The van der Waals surface area contributed by atoms with E-state index in [2.05, 4.69) is 20.8 Å². The second-order valence-corrected chi connectivity index (χ2v) is 9.83. The third kappa shape index (κ3) is 3.69. The zero-order valence-electron chi connectivity index (χ0n) is 19.7. The normalized spacial score (nSPS) is 23.3. The maximum absolute atomic E-state index is 14.1. The van der Waals surface area contributed by atoms with E-state index in [1.54, 1.807) is 17.0 Å². The van der Waals surface area contributed by atoms with E-state index in [4.69, 9.17) is 4.84 Å². The molecule has 3 aromatic carbocycles. The van der Waals surface area contributed by atoms with Crippen LogP contribution in [-0.2, 0) is 16.2 Å². The van der Waals surface area contributed by atoms with Gasteiger partial charge in [-0.1, -0.05) is 78.9 Å². The molecule has 0 bridgehead atoms. The molecule has 2 saturated heterocycles. The Morgan fingerprint density at radius 2 is 1.41 bits per heavy atom. The van der Waals surface area contributed by atoms with Gasteiger partial charge in [0.15, 0.2) is 0 Å². The fourth-order valence-corrected chi connectivity index (χ4v) is 4.85. The van der Waals surface area contributed by atoms with Crippen LogP contribution in [-0.4, -0.2) is 33.2 Å². The average molecular weight is 456 g/mol. The summed E-state index contributed by atoms with van der Waals surface area (Å²) in [5.74, 6) is -0.354. The van der Waals surface area contributed by atoms with Crippen molar-refractivity contribution < 1.29 is 14.4 Å². The van der Waals surface area contributed by atoms with Gasteiger partial charge in [-0.05, 0) is 44.0 Å². The van der Waals surface area contributed by atoms with Crippen molar-refractivity contribution in [2.45, 2.75) is 51.0 Å². The number of nitrogens with zero attached hydrogens (tertiary/aromatic N) is 3. The first kappa shape index (κ1) is 22.3. The van der Waals surface area contributed by atoms with E-state index in [0.717, 1.165) is 11.1 Å². The number of hydroxylamine groups is 2. The molecule has 2 fully saturated rings. The summed E-state index contributed by atoms with van der Waals surface area (Å²) in [4.78, 5) is 37.4. The molecule has 2 aliphatic rings. The molecular formula is C28H29N3O3. The average Bonchev–Trinajstić information content (AvgIpc) is 3.34. The fourth-order valence-electron chi connectivity index (χ4n) is 4.85. The van der Waals surface area contributed by atoms with Crippen LogP contribution in [0.15, 0.2) is 91.0 Å². The van der Waals surface area contributed by atoms with E-state index in [1.165, 1.54) is 4.90 Å². The van der Waals surface area contributed by atoms with Gasteiger partial charge in [-0.3, -0.25) is 14.5 Å². The summed E-state index contributed by atoms with van der Waals surface area (Å²) in [6, 6.07) is 28.3. The number of imide groups is 1. The third-order valence-corrected chi connectivity index (χ3v) is 6.44. The smallest absolute Gasteiger partial charge is 0.281 e. The molecule has 6 heteroatoms. The molecule has 3 aromatic rings. The van der Waals surface area contributed by atoms with Crippen molar-refractivity contribution in [2.75, 3.05) is 4.90 Å². The summed E-state index contributed by atoms with van der Waals surface area (Å²) in [5, 5.41) is 1.89. The SMILES string of the molecule is CC(C)(C)N1OC2(CC1c1ccccc1)C(=O)N(c1ccccc1)C(=O)N2Cc1ccccc1. The van der Waals surface area contributed by atoms with Gasteiger partial charge in [0.25, 0.3) is 5.91 Å². The molecule has 34 heavy (non-hydrogen) atoms. The van der Waals surface area contributed by atoms with E-state index in [0.29, 0.717) is 12.1 Å². The van der Waals surface area contributed by atoms with Gasteiger partial charge in [0.05, 0.1) is 18.3 Å². The summed E-state index contributed by atoms with van der Waals surface area (Å²) in [6.45, 7) is 6.44. The molecule has 0 aliphatic carbocycles. The van der Waals surface area contributed by atoms with Crippen molar-refractivity contribution in [1.29, 1.82) is 0 Å². The maximum Gasteiger partial charge on any atom is 0.334 e. The first-order valence-corrected chi connectivity index (χ1v) is 11.6. The zero-order chi connectivity index (χ0) is 23.9. The summed E-state index contributed by atoms with van der Waals surface area (Å²) in [7, 11) is 0. The standard InChI is InChI=1S/C28H29N3O3/c1-27(2,3)31-24(22-15-9-5-10-16-22)19-28(34-31)25(32)30(23-17-11-6-12-18-23)26(33)29(28)20-21-13-7-4-8-14-21/h4-18,24H,19-20H2,1-3H3. The number of carbonyl (C=O) groups is 2. The first-order chi connectivity index (χ1) is 16.3. The predicted molar refractivity (Wildman–Crippen MR) is 131 cm³/mol. The molecule has 2 heterocycles. The van der Waals surface area contributed by atoms with Crippen LogP contribution < -0.4 is 4.90 Å². The predicted octanol–water partition coefficient (Wildman–Crippen LogP) is 5.53. The van der Waals surface area contributed by atoms with Gasteiger partial charge in [-0.15, -0.1) is 0 Å². The van der Waals surface area contributed by atoms with Crippen molar-refractivity contribution in [1.82, 2.24) is 9.96 Å². The van der Waals surface area contributed by atoms with Gasteiger partial charge in [0, 0.05) is 12.0 Å². The summed E-state index contributed by atoms with van der Waals surface area (Å²) >= 11 is 0. The zero-order valence-corrected chi connectivity index (χ0v) is 19.7. The number of para-hydroxylation sites is 1. The highest BCUT2D eigenvalue weighted by Crippen LogP contribution is 2.50. The van der Waals surface area contributed by atoms with Crippen molar-refractivity contribution in [3.05, 3.63) is 102 Å². The minimum atomic E-state index is -1.43. The van der Waals surface area contributed by atoms with Crippen LogP contribution in [0.25, 0.3) is 0 Å². The van der Waals surface area contributed by atoms with E-state index < -0.39 is 11.3 Å². The first-order valence-electron chi connectivity index (χ1n) is 11.6. The summed E-state index contributed by atoms with van der Waals surface area (Å²) in [6.07, 6.45) is 0.342. The second kappa shape index (κ2) is 8.38. The highest BCUT2D eigenvalue weighted by Gasteiger charge is 2.66. The Morgan fingerprint density at radius 1 is 0.853 bits per heavy atom. The van der Waals surface area contributed by atoms with Crippen LogP contribution in [0.1, 0.15) is 44.4 Å². The van der Waals surface area contributed by atoms with Crippen LogP contribution in [0.2, 0.25) is 0 Å². The van der Waals surface area contributed by atoms with Crippen molar-refractivity contribution >= 4 is 17.6 Å². The molecule has 0 N–H and O–H groups in total. The highest BCUT2D eigenvalue weighted by molar-refractivity contribution is 6.22. The second-order valence-electron chi connectivity index (χ2n) is 9.83. The van der Waals surface area contributed by atoms with E-state index in [1.807, 2.05) is 83.9 Å². The van der Waals surface area contributed by atoms with Gasteiger partial charge >= 0.3 is 6.03 Å². The number of hydrogen-bond donors (Lipinski definition) is 0. The van der Waals surface area contributed by atoms with Crippen LogP contribution in [0.4, 0.5) is 10.5 Å². The molecule has 0 aromatic heterocycles. The van der Waals surface area contributed by atoms with E-state index in [9.17, 15) is 9.59 Å². The molecule has 2 unspecified atom stereocenters. The molecule has 6 nitrogen and oxygen atoms in total. The Morgan fingerprint density at radius 3 is 2.00 bits per heavy atom. The lowest BCUT2D eigenvalue weighted by Crippen LogP contribution is -2.51. The fraction of sp³-hybridized carbons (Fsp3) is 0.286. The van der Waals surface area contributed by atoms with Crippen LogP contribution in [0, 0.1) is 0 Å². The van der Waals surface area contributed by atoms with Crippen molar-refractivity contribution in [2.24, 2.45) is 0 Å². The molecular weight excluding hydrogens is 426 g/mol. The maximum atomic E-state index is 14.1. The lowest BCUT2D eigenvalue weighted by atomic mass is 9.94. The van der Waals surface area contributed by atoms with Crippen LogP contribution >= 0.6 is 0 Å². The molecule has 3 amide bonds. The highest BCUT2D eigenvalue weighted by atomic mass is 16.7. The molecule has 2 aliphatic heterocycles. The number of benzene rings is 3. The monoisotopic (exact) mass is 455 g/mol. The Balaban J connectivity index is 1.62. The minimum absolute atomic E-state index is 0.188. The van der Waals surface area contributed by atoms with E-state index in [-0.39, 0.29) is 24.5 Å². The number of amides is 3. The topological polar surface area (TPSA) is 53.1 Å². The number of anilines is 1. The van der Waals surface area contributed by atoms with Gasteiger partial charge in [-0.2, -0.15) is 5.06 Å². The largest absolute Gasteiger partial charge is 0.334 e. The van der Waals surface area contributed by atoms with Gasteiger partial charge in [-0.25, -0.2) is 9.69 Å². The summed E-state index contributed by atoms with van der Waals surface area (Å²) < 4.78 is 0. The molecule has 1 spiro atoms.